The highest BCUT2D eigenvalue weighted by Gasteiger charge is 2.20. The minimum Gasteiger partial charge on any atom is -0.351 e. The fourth-order valence-electron chi connectivity index (χ4n) is 2.46. The van der Waals surface area contributed by atoms with Crippen LogP contribution in [-0.2, 0) is 17.8 Å². The molecule has 1 aliphatic rings. The highest BCUT2D eigenvalue weighted by atomic mass is 32.1. The Bertz CT molecular complexity index is 644. The number of imidazole rings is 1. The molecule has 0 saturated carbocycles. The van der Waals surface area contributed by atoms with Crippen LogP contribution in [0.15, 0.2) is 24.7 Å². The number of thiophene rings is 1. The number of nitrogens with one attached hydrogen (secondary N) is 2. The van der Waals surface area contributed by atoms with Gasteiger partial charge in [0.05, 0.1) is 29.9 Å². The van der Waals surface area contributed by atoms with Gasteiger partial charge in [-0.05, 0) is 25.0 Å². The predicted molar refractivity (Wildman–Crippen MR) is 83.6 cm³/mol. The monoisotopic (exact) mass is 318 g/mol. The van der Waals surface area contributed by atoms with E-state index in [0.717, 1.165) is 35.7 Å². The molecule has 3 rings (SSSR count). The smallest absolute Gasteiger partial charge is 0.263 e. The summed E-state index contributed by atoms with van der Waals surface area (Å²) in [6.07, 6.45) is 5.70. The Labute approximate surface area is 132 Å². The fourth-order valence-corrected chi connectivity index (χ4v) is 3.38. The lowest BCUT2D eigenvalue weighted by Gasteiger charge is -2.13. The summed E-state index contributed by atoms with van der Waals surface area (Å²) in [5, 5.41) is 2.85. The Balaban J connectivity index is 1.51. The third kappa shape index (κ3) is 3.54. The molecule has 0 bridgehead atoms. The SMILES string of the molecule is O=C(Cc1c[nH]cn1)NCc1ccc(C(=O)N2CCCC2)s1. The van der Waals surface area contributed by atoms with E-state index in [9.17, 15) is 9.59 Å². The summed E-state index contributed by atoms with van der Waals surface area (Å²) in [4.78, 5) is 34.5. The lowest BCUT2D eigenvalue weighted by molar-refractivity contribution is -0.120. The maximum absolute atomic E-state index is 12.2. The third-order valence-corrected chi connectivity index (χ3v) is 4.70. The van der Waals surface area contributed by atoms with E-state index in [2.05, 4.69) is 15.3 Å². The number of H-pyrrole nitrogens is 1. The fraction of sp³-hybridized carbons (Fsp3) is 0.400. The van der Waals surface area contributed by atoms with Crippen molar-refractivity contribution in [1.82, 2.24) is 20.2 Å². The van der Waals surface area contributed by atoms with Gasteiger partial charge in [0.1, 0.15) is 0 Å². The Morgan fingerprint density at radius 3 is 2.86 bits per heavy atom. The standard InChI is InChI=1S/C15H18N4O2S/c20-14(7-11-8-16-10-18-11)17-9-12-3-4-13(22-12)15(21)19-5-1-2-6-19/h3-4,8,10H,1-2,5-7,9H2,(H,16,18)(H,17,20). The molecule has 0 aromatic carbocycles. The van der Waals surface area contributed by atoms with Crippen molar-refractivity contribution in [3.63, 3.8) is 0 Å². The van der Waals surface area contributed by atoms with Crippen LogP contribution in [0.25, 0.3) is 0 Å². The van der Waals surface area contributed by atoms with E-state index >= 15 is 0 Å². The van der Waals surface area contributed by atoms with Gasteiger partial charge in [-0.15, -0.1) is 11.3 Å². The first-order valence-corrected chi connectivity index (χ1v) is 8.16. The van der Waals surface area contributed by atoms with Crippen molar-refractivity contribution >= 4 is 23.2 Å². The number of carbonyl (C=O) groups is 2. The number of hydrogen-bond donors (Lipinski definition) is 2. The minimum absolute atomic E-state index is 0.0760. The van der Waals surface area contributed by atoms with Gasteiger partial charge < -0.3 is 15.2 Å². The number of amides is 2. The molecule has 22 heavy (non-hydrogen) atoms. The summed E-state index contributed by atoms with van der Waals surface area (Å²) in [6, 6.07) is 3.75. The highest BCUT2D eigenvalue weighted by Crippen LogP contribution is 2.20. The van der Waals surface area contributed by atoms with Crippen molar-refractivity contribution in [3.05, 3.63) is 40.1 Å². The lowest BCUT2D eigenvalue weighted by atomic mass is 10.3. The molecule has 6 nitrogen and oxygen atoms in total. The second-order valence-corrected chi connectivity index (χ2v) is 6.45. The van der Waals surface area contributed by atoms with Crippen molar-refractivity contribution in [2.75, 3.05) is 13.1 Å². The summed E-state index contributed by atoms with van der Waals surface area (Å²) in [5.74, 6) is 0.0320. The van der Waals surface area contributed by atoms with E-state index < -0.39 is 0 Å². The molecule has 0 spiro atoms. The Morgan fingerprint density at radius 2 is 2.14 bits per heavy atom. The number of aromatic nitrogens is 2. The van der Waals surface area contributed by atoms with Crippen LogP contribution in [0.5, 0.6) is 0 Å². The van der Waals surface area contributed by atoms with E-state index in [4.69, 9.17) is 0 Å². The van der Waals surface area contributed by atoms with Gasteiger partial charge in [0, 0.05) is 24.2 Å². The summed E-state index contributed by atoms with van der Waals surface area (Å²) >= 11 is 1.45. The number of likely N-dealkylation sites (tertiary alicyclic amines) is 1. The second-order valence-electron chi connectivity index (χ2n) is 5.28. The lowest BCUT2D eigenvalue weighted by Crippen LogP contribution is -2.26. The minimum atomic E-state index is -0.0760. The summed E-state index contributed by atoms with van der Waals surface area (Å²) in [7, 11) is 0. The van der Waals surface area contributed by atoms with Gasteiger partial charge in [-0.1, -0.05) is 0 Å². The van der Waals surface area contributed by atoms with Gasteiger partial charge >= 0.3 is 0 Å². The first-order chi connectivity index (χ1) is 10.7. The van der Waals surface area contributed by atoms with Crippen LogP contribution in [0.3, 0.4) is 0 Å². The molecule has 116 valence electrons. The largest absolute Gasteiger partial charge is 0.351 e. The predicted octanol–water partition coefficient (Wildman–Crippen LogP) is 1.57. The quantitative estimate of drug-likeness (QED) is 0.878. The van der Waals surface area contributed by atoms with Gasteiger partial charge in [0.25, 0.3) is 5.91 Å². The Morgan fingerprint density at radius 1 is 1.32 bits per heavy atom. The zero-order valence-electron chi connectivity index (χ0n) is 12.2. The van der Waals surface area contributed by atoms with Crippen LogP contribution in [0.2, 0.25) is 0 Å². The maximum atomic E-state index is 12.2. The van der Waals surface area contributed by atoms with Crippen molar-refractivity contribution in [1.29, 1.82) is 0 Å². The zero-order chi connectivity index (χ0) is 15.4. The number of carbonyl (C=O) groups excluding carboxylic acids is 2. The van der Waals surface area contributed by atoms with Crippen LogP contribution < -0.4 is 5.32 Å². The van der Waals surface area contributed by atoms with Crippen LogP contribution in [0.4, 0.5) is 0 Å². The molecular formula is C15H18N4O2S. The molecule has 0 unspecified atom stereocenters. The average molecular weight is 318 g/mol. The van der Waals surface area contributed by atoms with E-state index in [1.807, 2.05) is 17.0 Å². The molecule has 2 aromatic rings. The van der Waals surface area contributed by atoms with E-state index in [0.29, 0.717) is 12.2 Å². The van der Waals surface area contributed by atoms with Crippen molar-refractivity contribution < 1.29 is 9.59 Å². The van der Waals surface area contributed by atoms with Gasteiger partial charge in [0.15, 0.2) is 0 Å². The molecule has 2 N–H and O–H groups in total. The summed E-state index contributed by atoms with van der Waals surface area (Å²) in [5.41, 5.74) is 0.716. The molecule has 1 saturated heterocycles. The van der Waals surface area contributed by atoms with Crippen LogP contribution >= 0.6 is 11.3 Å². The molecule has 0 radical (unpaired) electrons. The molecule has 3 heterocycles. The van der Waals surface area contributed by atoms with E-state index in [1.165, 1.54) is 11.3 Å². The Kier molecular flexibility index (Phi) is 4.53. The number of hydrogen-bond acceptors (Lipinski definition) is 4. The van der Waals surface area contributed by atoms with Gasteiger partial charge in [-0.3, -0.25) is 9.59 Å². The third-order valence-electron chi connectivity index (χ3n) is 3.62. The maximum Gasteiger partial charge on any atom is 0.263 e. The molecule has 2 aromatic heterocycles. The first kappa shape index (κ1) is 14.8. The topological polar surface area (TPSA) is 78.1 Å². The zero-order valence-corrected chi connectivity index (χ0v) is 13.0. The average Bonchev–Trinajstić information content (AvgIpc) is 3.26. The summed E-state index contributed by atoms with van der Waals surface area (Å²) in [6.45, 7) is 2.15. The molecule has 1 fully saturated rings. The van der Waals surface area contributed by atoms with Crippen molar-refractivity contribution in [2.45, 2.75) is 25.8 Å². The number of rotatable bonds is 5. The van der Waals surface area contributed by atoms with Gasteiger partial charge in [0.2, 0.25) is 5.91 Å². The molecule has 2 amide bonds. The molecule has 1 aliphatic heterocycles. The van der Waals surface area contributed by atoms with E-state index in [-0.39, 0.29) is 18.2 Å². The normalized spacial score (nSPS) is 14.3. The van der Waals surface area contributed by atoms with E-state index in [1.54, 1.807) is 12.5 Å². The molecule has 7 heteroatoms. The van der Waals surface area contributed by atoms with Crippen molar-refractivity contribution in [3.8, 4) is 0 Å². The van der Waals surface area contributed by atoms with Crippen LogP contribution in [-0.4, -0.2) is 39.8 Å². The van der Waals surface area contributed by atoms with Crippen LogP contribution in [0, 0.1) is 0 Å². The molecule has 0 atom stereocenters. The van der Waals surface area contributed by atoms with Gasteiger partial charge in [-0.25, -0.2) is 4.98 Å². The van der Waals surface area contributed by atoms with Crippen LogP contribution in [0.1, 0.15) is 33.1 Å². The second kappa shape index (κ2) is 6.74. The number of nitrogens with zero attached hydrogens (tertiary/aromatic N) is 2. The number of aromatic amines is 1. The first-order valence-electron chi connectivity index (χ1n) is 7.35. The van der Waals surface area contributed by atoms with Crippen molar-refractivity contribution in [2.24, 2.45) is 0 Å². The molecular weight excluding hydrogens is 300 g/mol. The molecule has 0 aliphatic carbocycles. The Hall–Kier alpha value is -2.15. The highest BCUT2D eigenvalue weighted by molar-refractivity contribution is 7.14. The summed E-state index contributed by atoms with van der Waals surface area (Å²) < 4.78 is 0. The van der Waals surface area contributed by atoms with Gasteiger partial charge in [-0.2, -0.15) is 0 Å².